The van der Waals surface area contributed by atoms with Gasteiger partial charge in [0.2, 0.25) is 0 Å². The molecule has 0 unspecified atom stereocenters. The summed E-state index contributed by atoms with van der Waals surface area (Å²) in [6.45, 7) is 12.9. The van der Waals surface area contributed by atoms with Crippen molar-refractivity contribution in [1.29, 1.82) is 0 Å². The molecule has 8 heteroatoms. The number of rotatable bonds is 8. The van der Waals surface area contributed by atoms with E-state index in [-0.39, 0.29) is 31.9 Å². The van der Waals surface area contributed by atoms with Crippen LogP contribution < -0.4 is 4.40 Å². The normalized spacial score (nSPS) is 12.2. The Kier molecular flexibility index (Phi) is 12.3. The van der Waals surface area contributed by atoms with Crippen LogP contribution in [0.25, 0.3) is 72.6 Å². The summed E-state index contributed by atoms with van der Waals surface area (Å²) >= 11 is -2.03. The third kappa shape index (κ3) is 8.41. The molecule has 0 atom stereocenters. The molecule has 4 aromatic heterocycles. The van der Waals surface area contributed by atoms with Crippen molar-refractivity contribution < 1.29 is 25.9 Å². The van der Waals surface area contributed by atoms with E-state index in [0.29, 0.717) is 5.65 Å². The maximum Gasteiger partial charge on any atom is 0 e. The first-order valence-corrected chi connectivity index (χ1v) is 27.8. The van der Waals surface area contributed by atoms with Crippen molar-refractivity contribution in [3.63, 3.8) is 0 Å². The van der Waals surface area contributed by atoms with E-state index >= 15 is 0 Å². The molecular weight excluding hydrogens is 975 g/mol. The van der Waals surface area contributed by atoms with Crippen LogP contribution in [-0.4, -0.2) is 38.0 Å². The van der Waals surface area contributed by atoms with E-state index in [9.17, 15) is 0 Å². The number of pyridine rings is 1. The second-order valence-corrected chi connectivity index (χ2v) is 27.6. The summed E-state index contributed by atoms with van der Waals surface area (Å²) in [4.78, 5) is 9.68. The Balaban J connectivity index is 0.000000226. The van der Waals surface area contributed by atoms with E-state index in [0.717, 1.165) is 61.4 Å². The summed E-state index contributed by atoms with van der Waals surface area (Å²) in [5.41, 5.74) is 13.0. The van der Waals surface area contributed by atoms with Crippen molar-refractivity contribution in [2.24, 2.45) is 0 Å². The minimum Gasteiger partial charge on any atom is 0 e. The molecule has 6 nitrogen and oxygen atoms in total. The second kappa shape index (κ2) is 17.8. The number of imidazole rings is 1. The number of hydrogen-bond acceptors (Lipinski definition) is 5. The number of para-hydroxylation sites is 1. The predicted molar refractivity (Wildman–Crippen MR) is 247 cm³/mol. The first-order valence-electron chi connectivity index (χ1n) is 20.9. The molecule has 0 saturated heterocycles. The van der Waals surface area contributed by atoms with Crippen LogP contribution in [0.4, 0.5) is 0 Å². The Bertz CT molecular complexity index is 2940. The fraction of sp³-hybridized carbons (Fsp3) is 0.231. The van der Waals surface area contributed by atoms with Gasteiger partial charge in [0.25, 0.3) is 0 Å². The van der Waals surface area contributed by atoms with E-state index in [4.69, 9.17) is 10.8 Å². The molecular formula is C52H51GeIrN5O-2. The summed E-state index contributed by atoms with van der Waals surface area (Å²) < 4.78 is 18.5. The fourth-order valence-corrected chi connectivity index (χ4v) is 11.2. The van der Waals surface area contributed by atoms with Gasteiger partial charge in [-0.3, -0.25) is 4.98 Å². The molecule has 0 aliphatic rings. The van der Waals surface area contributed by atoms with E-state index in [1.54, 1.807) is 6.20 Å². The van der Waals surface area contributed by atoms with Crippen molar-refractivity contribution in [1.82, 2.24) is 24.7 Å². The van der Waals surface area contributed by atoms with Crippen LogP contribution in [-0.2, 0) is 20.1 Å². The first-order chi connectivity index (χ1) is 28.7. The minimum absolute atomic E-state index is 0. The van der Waals surface area contributed by atoms with Crippen LogP contribution in [0, 0.1) is 12.1 Å². The molecule has 0 bridgehead atoms. The summed E-state index contributed by atoms with van der Waals surface area (Å²) in [6, 6.07) is 46.0. The van der Waals surface area contributed by atoms with Gasteiger partial charge in [-0.2, -0.15) is 5.10 Å². The quantitative estimate of drug-likeness (QED) is 0.112. The molecule has 0 amide bonds. The summed E-state index contributed by atoms with van der Waals surface area (Å²) in [6.07, 6.45) is 3.74. The van der Waals surface area contributed by atoms with Crippen molar-refractivity contribution in [2.75, 3.05) is 0 Å². The van der Waals surface area contributed by atoms with Crippen molar-refractivity contribution >= 4 is 50.8 Å². The molecule has 4 heterocycles. The Hall–Kier alpha value is -5.21. The van der Waals surface area contributed by atoms with Crippen LogP contribution in [0.5, 0.6) is 0 Å². The molecule has 0 aliphatic heterocycles. The Morgan fingerprint density at radius 3 is 2.08 bits per heavy atom. The summed E-state index contributed by atoms with van der Waals surface area (Å²) in [7, 11) is 0. The molecule has 0 fully saturated rings. The molecule has 0 saturated carbocycles. The number of fused-ring (bicyclic) bond motifs is 4. The van der Waals surface area contributed by atoms with Gasteiger partial charge in [0.15, 0.2) is 5.65 Å². The van der Waals surface area contributed by atoms with Gasteiger partial charge in [0.1, 0.15) is 5.58 Å². The molecule has 0 N–H and O–H groups in total. The van der Waals surface area contributed by atoms with Crippen molar-refractivity contribution in [3.05, 3.63) is 156 Å². The molecule has 60 heavy (non-hydrogen) atoms. The third-order valence-corrected chi connectivity index (χ3v) is 15.1. The fourth-order valence-electron chi connectivity index (χ4n) is 7.87. The van der Waals surface area contributed by atoms with Crippen LogP contribution in [0.2, 0.25) is 17.3 Å². The van der Waals surface area contributed by atoms with Crippen molar-refractivity contribution in [3.8, 4) is 39.5 Å². The molecule has 0 spiro atoms. The van der Waals surface area contributed by atoms with Crippen LogP contribution in [0.3, 0.4) is 0 Å². The van der Waals surface area contributed by atoms with Crippen LogP contribution in [0.1, 0.15) is 77.3 Å². The zero-order chi connectivity index (χ0) is 42.3. The first kappa shape index (κ1) is 41.5. The molecule has 9 aromatic rings. The van der Waals surface area contributed by atoms with Crippen LogP contribution in [0.15, 0.2) is 132 Å². The zero-order valence-electron chi connectivity index (χ0n) is 36.8. The molecule has 0 aliphatic carbocycles. The zero-order valence-corrected chi connectivity index (χ0v) is 40.2. The summed E-state index contributed by atoms with van der Waals surface area (Å²) in [5, 5.41) is 10.7. The van der Waals surface area contributed by atoms with Gasteiger partial charge in [-0.25, -0.2) is 0 Å². The number of furan rings is 1. The van der Waals surface area contributed by atoms with E-state index < -0.39 is 19.2 Å². The Morgan fingerprint density at radius 1 is 0.717 bits per heavy atom. The second-order valence-electron chi connectivity index (χ2n) is 17.0. The van der Waals surface area contributed by atoms with Gasteiger partial charge < -0.3 is 8.98 Å². The number of nitrogens with zero attached hydrogens (tertiary/aromatic N) is 5. The monoisotopic (exact) mass is 1030 g/mol. The smallest absolute Gasteiger partial charge is 0 e. The van der Waals surface area contributed by atoms with Gasteiger partial charge in [0.05, 0.1) is 23.1 Å². The van der Waals surface area contributed by atoms with Gasteiger partial charge in [-0.15, -0.1) is 23.3 Å². The standard InChI is InChI=1S/C35H29N4O.C17H22GeN.Ir/c1-21(2)28-19-24(23-11-6-5-7-12-23)20-29(22(3)4)32(28)39-30-17-18-36-38-34(30)37-35(39)27-15-10-14-26-25-13-8-9-16-31(25)40-33(26)27;1-13(2)15-11-17(14-9-7-6-8-10-14)19-12-16(15)18(3,4)5;/h5-14,16-22H,1-4H3;6-9,11-13H,1-5H3;/q2*-1;/i;13D;. The Labute approximate surface area is 371 Å². The van der Waals surface area contributed by atoms with Gasteiger partial charge in [0, 0.05) is 31.2 Å². The van der Waals surface area contributed by atoms with Crippen LogP contribution >= 0.6 is 0 Å². The largest absolute Gasteiger partial charge is 0 e. The van der Waals surface area contributed by atoms with E-state index in [2.05, 4.69) is 138 Å². The predicted octanol–water partition coefficient (Wildman–Crippen LogP) is 13.3. The third-order valence-electron chi connectivity index (χ3n) is 10.9. The Morgan fingerprint density at radius 2 is 1.42 bits per heavy atom. The maximum absolute atomic E-state index is 8.44. The average molecular weight is 1030 g/mol. The SMILES string of the molecule is CC(C)c1cc(-c2ccccc2)cc(C(C)C)c1-n1c(-c2[c-]ccc3c2oc2ccccc23)nc2nnccc21.[2H]C(C)(C)c1cc(-c2[c-]cccc2)nc[c]1[Ge]([CH3])([CH3])[CH3].[Ir]. The number of benzene rings is 5. The van der Waals surface area contributed by atoms with Gasteiger partial charge in [-0.1, -0.05) is 87.2 Å². The molecule has 1 radical (unpaired) electrons. The van der Waals surface area contributed by atoms with E-state index in [1.165, 1.54) is 26.6 Å². The van der Waals surface area contributed by atoms with E-state index in [1.807, 2.05) is 74.6 Å². The summed E-state index contributed by atoms with van der Waals surface area (Å²) in [5.74, 6) is 7.73. The van der Waals surface area contributed by atoms with Crippen molar-refractivity contribution in [2.45, 2.75) is 76.5 Å². The average Bonchev–Trinajstić information content (AvgIpc) is 3.82. The molecule has 5 aromatic carbocycles. The molecule has 305 valence electrons. The van der Waals surface area contributed by atoms with Gasteiger partial charge >= 0.3 is 120 Å². The van der Waals surface area contributed by atoms with Gasteiger partial charge in [-0.05, 0) is 58.4 Å². The minimum atomic E-state index is -2.03. The number of aromatic nitrogens is 5. The maximum atomic E-state index is 8.44. The number of hydrogen-bond donors (Lipinski definition) is 0. The molecule has 9 rings (SSSR count). The topological polar surface area (TPSA) is 69.6 Å².